The molecule has 4 aliphatic rings. The molecule has 0 aromatic heterocycles. The van der Waals surface area contributed by atoms with Crippen LogP contribution in [0, 0.1) is 34.5 Å². The largest absolute Gasteiger partial charge is 0.457 e. The number of rotatable bonds is 3. The van der Waals surface area contributed by atoms with E-state index in [1.165, 1.54) is 24.0 Å². The monoisotopic (exact) mass is 509 g/mol. The molecular formula is C31H34F3NO2. The zero-order chi connectivity index (χ0) is 26.8. The van der Waals surface area contributed by atoms with E-state index in [-0.39, 0.29) is 29.3 Å². The molecule has 0 bridgehead atoms. The van der Waals surface area contributed by atoms with Crippen LogP contribution in [0.3, 0.4) is 0 Å². The Kier molecular flexibility index (Phi) is 6.21. The number of allylic oxidation sites excluding steroid dienone is 4. The van der Waals surface area contributed by atoms with Crippen LogP contribution in [-0.4, -0.2) is 31.8 Å². The van der Waals surface area contributed by atoms with Crippen LogP contribution in [0.5, 0.6) is 0 Å². The third kappa shape index (κ3) is 4.15. The second-order valence-corrected chi connectivity index (χ2v) is 11.7. The van der Waals surface area contributed by atoms with E-state index in [0.717, 1.165) is 36.1 Å². The zero-order valence-corrected chi connectivity index (χ0v) is 22.0. The third-order valence-electron chi connectivity index (χ3n) is 9.76. The predicted molar refractivity (Wildman–Crippen MR) is 138 cm³/mol. The number of anilines is 1. The summed E-state index contributed by atoms with van der Waals surface area (Å²) < 4.78 is 39.9. The molecule has 1 aromatic rings. The van der Waals surface area contributed by atoms with Crippen molar-refractivity contribution >= 4 is 17.3 Å². The first-order chi connectivity index (χ1) is 17.4. The van der Waals surface area contributed by atoms with E-state index in [1.54, 1.807) is 0 Å². The Balaban J connectivity index is 1.69. The molecule has 37 heavy (non-hydrogen) atoms. The molecule has 2 fully saturated rings. The van der Waals surface area contributed by atoms with Gasteiger partial charge in [-0.2, -0.15) is 13.2 Å². The number of hydrogen-bond acceptors (Lipinski definition) is 3. The maximum Gasteiger partial charge on any atom is 0.457 e. The first-order valence-corrected chi connectivity index (χ1v) is 13.2. The van der Waals surface area contributed by atoms with Crippen LogP contribution in [0.2, 0.25) is 0 Å². The summed E-state index contributed by atoms with van der Waals surface area (Å²) in [7, 11) is 3.97. The van der Waals surface area contributed by atoms with E-state index >= 15 is 0 Å². The summed E-state index contributed by atoms with van der Waals surface area (Å²) in [6, 6.07) is 8.38. The van der Waals surface area contributed by atoms with Gasteiger partial charge in [0.15, 0.2) is 5.78 Å². The normalized spacial score (nSPS) is 33.0. The van der Waals surface area contributed by atoms with Gasteiger partial charge in [-0.05, 0) is 97.6 Å². The molecule has 4 aliphatic carbocycles. The van der Waals surface area contributed by atoms with Crippen molar-refractivity contribution in [2.24, 2.45) is 22.7 Å². The number of Topliss-reactive ketones (excluding diaryl/α,β-unsaturated/α-hetero) is 1. The van der Waals surface area contributed by atoms with Crippen LogP contribution in [0.25, 0.3) is 0 Å². The topological polar surface area (TPSA) is 37.4 Å². The van der Waals surface area contributed by atoms with Gasteiger partial charge in [0, 0.05) is 38.0 Å². The van der Waals surface area contributed by atoms with Gasteiger partial charge in [-0.25, -0.2) is 0 Å². The van der Waals surface area contributed by atoms with Gasteiger partial charge in [0.25, 0.3) is 0 Å². The minimum atomic E-state index is -4.64. The number of fused-ring (bicyclic) bond motifs is 4. The van der Waals surface area contributed by atoms with Gasteiger partial charge in [0.2, 0.25) is 0 Å². The molecule has 196 valence electrons. The quantitative estimate of drug-likeness (QED) is 0.421. The van der Waals surface area contributed by atoms with Crippen LogP contribution in [-0.2, 0) is 9.59 Å². The summed E-state index contributed by atoms with van der Waals surface area (Å²) in [5, 5.41) is 0. The lowest BCUT2D eigenvalue weighted by Crippen LogP contribution is -2.50. The highest BCUT2D eigenvalue weighted by molar-refractivity contribution is 5.93. The Bertz CT molecular complexity index is 1260. The highest BCUT2D eigenvalue weighted by atomic mass is 19.4. The van der Waals surface area contributed by atoms with Crippen LogP contribution in [0.4, 0.5) is 18.9 Å². The fourth-order valence-corrected chi connectivity index (χ4v) is 8.04. The van der Waals surface area contributed by atoms with E-state index in [0.29, 0.717) is 25.7 Å². The second-order valence-electron chi connectivity index (χ2n) is 11.7. The van der Waals surface area contributed by atoms with E-state index in [4.69, 9.17) is 0 Å². The lowest BCUT2D eigenvalue weighted by molar-refractivity contribution is -0.130. The molecule has 0 N–H and O–H groups in total. The fourth-order valence-electron chi connectivity index (χ4n) is 8.04. The number of hydrogen-bond donors (Lipinski definition) is 0. The van der Waals surface area contributed by atoms with E-state index in [2.05, 4.69) is 30.2 Å². The lowest BCUT2D eigenvalue weighted by Gasteiger charge is -2.54. The second kappa shape index (κ2) is 8.89. The molecule has 0 aliphatic heterocycles. The van der Waals surface area contributed by atoms with Gasteiger partial charge in [0.1, 0.15) is 5.78 Å². The molecule has 5 rings (SSSR count). The SMILES string of the molecule is CC(=O)[C@@]1(C#CC(F)(F)F)CC[C@H]2[C@@H]3CCC4=CC(=O)CCC4=C3[C@@H](c3ccc(N(C)C)cc3)C[C@@]21C. The van der Waals surface area contributed by atoms with E-state index in [1.807, 2.05) is 32.0 Å². The first kappa shape index (κ1) is 25.8. The number of halogens is 3. The Hall–Kier alpha value is -2.81. The van der Waals surface area contributed by atoms with Crippen LogP contribution in [0.1, 0.15) is 70.3 Å². The molecular weight excluding hydrogens is 475 g/mol. The van der Waals surface area contributed by atoms with Crippen LogP contribution in [0.15, 0.2) is 47.1 Å². The number of ketones is 2. The van der Waals surface area contributed by atoms with Crippen molar-refractivity contribution in [3.63, 3.8) is 0 Å². The highest BCUT2D eigenvalue weighted by Gasteiger charge is 2.65. The van der Waals surface area contributed by atoms with Crippen LogP contribution < -0.4 is 4.90 Å². The molecule has 2 saturated carbocycles. The third-order valence-corrected chi connectivity index (χ3v) is 9.76. The van der Waals surface area contributed by atoms with Crippen molar-refractivity contribution in [3.05, 3.63) is 52.6 Å². The van der Waals surface area contributed by atoms with Gasteiger partial charge in [-0.15, -0.1) is 0 Å². The summed E-state index contributed by atoms with van der Waals surface area (Å²) in [6.07, 6.45) is 1.66. The van der Waals surface area contributed by atoms with Gasteiger partial charge in [-0.1, -0.05) is 30.6 Å². The van der Waals surface area contributed by atoms with Crippen molar-refractivity contribution < 1.29 is 22.8 Å². The molecule has 6 heteroatoms. The minimum Gasteiger partial charge on any atom is -0.378 e. The number of carbonyl (C=O) groups excluding carboxylic acids is 2. The maximum absolute atomic E-state index is 13.3. The molecule has 5 atom stereocenters. The summed E-state index contributed by atoms with van der Waals surface area (Å²) in [4.78, 5) is 27.5. The lowest BCUT2D eigenvalue weighted by atomic mass is 9.48. The van der Waals surface area contributed by atoms with Crippen molar-refractivity contribution in [3.8, 4) is 11.8 Å². The van der Waals surface area contributed by atoms with E-state index < -0.39 is 17.0 Å². The number of benzene rings is 1. The fraction of sp³-hybridized carbons (Fsp3) is 0.548. The first-order valence-electron chi connectivity index (χ1n) is 13.2. The van der Waals surface area contributed by atoms with Gasteiger partial charge in [0.05, 0.1) is 5.41 Å². The molecule has 3 nitrogen and oxygen atoms in total. The van der Waals surface area contributed by atoms with Crippen molar-refractivity contribution in [2.45, 2.75) is 70.9 Å². The summed E-state index contributed by atoms with van der Waals surface area (Å²) >= 11 is 0. The Morgan fingerprint density at radius 2 is 1.78 bits per heavy atom. The number of carbonyl (C=O) groups is 2. The molecule has 0 amide bonds. The molecule has 0 radical (unpaired) electrons. The average molecular weight is 510 g/mol. The zero-order valence-electron chi connectivity index (χ0n) is 22.0. The number of alkyl halides is 3. The highest BCUT2D eigenvalue weighted by Crippen LogP contribution is 2.69. The Morgan fingerprint density at radius 3 is 2.41 bits per heavy atom. The maximum atomic E-state index is 13.3. The molecule has 0 unspecified atom stereocenters. The Morgan fingerprint density at radius 1 is 1.08 bits per heavy atom. The summed E-state index contributed by atoms with van der Waals surface area (Å²) in [6.45, 7) is 3.44. The smallest absolute Gasteiger partial charge is 0.378 e. The molecule has 1 aromatic carbocycles. The van der Waals surface area contributed by atoms with Crippen molar-refractivity contribution in [1.29, 1.82) is 0 Å². The van der Waals surface area contributed by atoms with E-state index in [9.17, 15) is 22.8 Å². The molecule has 0 heterocycles. The molecule has 0 spiro atoms. The number of nitrogens with zero attached hydrogens (tertiary/aromatic N) is 1. The Labute approximate surface area is 217 Å². The van der Waals surface area contributed by atoms with Crippen molar-refractivity contribution in [2.75, 3.05) is 19.0 Å². The van der Waals surface area contributed by atoms with Crippen molar-refractivity contribution in [1.82, 2.24) is 0 Å². The van der Waals surface area contributed by atoms with Crippen LogP contribution >= 0.6 is 0 Å². The standard InChI is InChI=1S/C31H34F3NO2/c1-19(36)30(15-16-31(32,33)34)14-13-27-25-11-7-21-17-23(37)10-12-24(21)28(25)26(18-29(27,30)2)20-5-8-22(9-6-20)35(3)4/h5-6,8-9,17,25-27H,7,10-14,18H2,1-4H3/t25-,26+,27-,29-,30-/m0/s1. The average Bonchev–Trinajstić information content (AvgIpc) is 3.14. The van der Waals surface area contributed by atoms with Gasteiger partial charge >= 0.3 is 6.18 Å². The summed E-state index contributed by atoms with van der Waals surface area (Å²) in [5.74, 6) is 4.17. The van der Waals surface area contributed by atoms with Gasteiger partial charge < -0.3 is 4.90 Å². The molecule has 0 saturated heterocycles. The minimum absolute atomic E-state index is 0.0288. The predicted octanol–water partition coefficient (Wildman–Crippen LogP) is 6.79. The summed E-state index contributed by atoms with van der Waals surface area (Å²) in [5.41, 5.74) is 3.96. The van der Waals surface area contributed by atoms with Gasteiger partial charge in [-0.3, -0.25) is 9.59 Å².